The standard InChI is InChI=1S/C15H20N4/c1-2-7-14-12(5-1)8-9-15(18-14)19-17-11-13-6-3-4-10-16-13/h3-4,6,10-12,14H,1-2,5,7-9H2,(H,18,19)/b17-11+. The van der Waals surface area contributed by atoms with Crippen molar-refractivity contribution in [3.63, 3.8) is 0 Å². The summed E-state index contributed by atoms with van der Waals surface area (Å²) in [5.41, 5.74) is 3.95. The highest BCUT2D eigenvalue weighted by Crippen LogP contribution is 2.33. The fourth-order valence-corrected chi connectivity index (χ4v) is 2.99. The van der Waals surface area contributed by atoms with E-state index in [9.17, 15) is 0 Å². The summed E-state index contributed by atoms with van der Waals surface area (Å²) in [6.45, 7) is 0. The molecule has 0 saturated heterocycles. The van der Waals surface area contributed by atoms with Gasteiger partial charge in [-0.05, 0) is 37.3 Å². The van der Waals surface area contributed by atoms with Gasteiger partial charge in [0.25, 0.3) is 0 Å². The maximum atomic E-state index is 4.81. The molecule has 1 saturated carbocycles. The predicted molar refractivity (Wildman–Crippen MR) is 77.4 cm³/mol. The number of aromatic nitrogens is 1. The first kappa shape index (κ1) is 12.3. The van der Waals surface area contributed by atoms with Gasteiger partial charge in [0.15, 0.2) is 0 Å². The molecule has 1 aromatic rings. The highest BCUT2D eigenvalue weighted by Gasteiger charge is 2.28. The molecule has 100 valence electrons. The molecule has 0 aromatic carbocycles. The van der Waals surface area contributed by atoms with Gasteiger partial charge in [0.2, 0.25) is 0 Å². The zero-order chi connectivity index (χ0) is 12.9. The van der Waals surface area contributed by atoms with E-state index >= 15 is 0 Å². The van der Waals surface area contributed by atoms with Gasteiger partial charge in [0.05, 0.1) is 18.0 Å². The molecule has 2 atom stereocenters. The normalized spacial score (nSPS) is 26.8. The van der Waals surface area contributed by atoms with Crippen LogP contribution in [0.25, 0.3) is 0 Å². The van der Waals surface area contributed by atoms with Gasteiger partial charge in [-0.15, -0.1) is 0 Å². The second-order valence-electron chi connectivity index (χ2n) is 5.35. The number of amidine groups is 1. The summed E-state index contributed by atoms with van der Waals surface area (Å²) in [5, 5.41) is 4.23. The van der Waals surface area contributed by atoms with Crippen LogP contribution in [0.15, 0.2) is 34.5 Å². The van der Waals surface area contributed by atoms with E-state index in [0.717, 1.165) is 23.9 Å². The summed E-state index contributed by atoms with van der Waals surface area (Å²) in [6.07, 6.45) is 11.1. The third kappa shape index (κ3) is 3.19. The summed E-state index contributed by atoms with van der Waals surface area (Å²) in [7, 11) is 0. The van der Waals surface area contributed by atoms with Crippen LogP contribution < -0.4 is 5.43 Å². The molecule has 0 spiro atoms. The van der Waals surface area contributed by atoms with E-state index in [-0.39, 0.29) is 0 Å². The Balaban J connectivity index is 1.58. The van der Waals surface area contributed by atoms with E-state index in [1.54, 1.807) is 12.4 Å². The summed E-state index contributed by atoms with van der Waals surface area (Å²) in [6, 6.07) is 6.33. The Morgan fingerprint density at radius 1 is 1.21 bits per heavy atom. The molecule has 19 heavy (non-hydrogen) atoms. The topological polar surface area (TPSA) is 49.6 Å². The number of nitrogens with one attached hydrogen (secondary N) is 1. The Morgan fingerprint density at radius 3 is 3.05 bits per heavy atom. The van der Waals surface area contributed by atoms with Crippen molar-refractivity contribution in [3.8, 4) is 0 Å². The number of fused-ring (bicyclic) bond motifs is 1. The van der Waals surface area contributed by atoms with Crippen LogP contribution in [0.2, 0.25) is 0 Å². The lowest BCUT2D eigenvalue weighted by molar-refractivity contribution is 0.284. The summed E-state index contributed by atoms with van der Waals surface area (Å²) in [4.78, 5) is 9.00. The van der Waals surface area contributed by atoms with E-state index in [2.05, 4.69) is 15.5 Å². The van der Waals surface area contributed by atoms with Crippen molar-refractivity contribution in [1.82, 2.24) is 10.4 Å². The van der Waals surface area contributed by atoms with E-state index in [1.165, 1.54) is 32.1 Å². The lowest BCUT2D eigenvalue weighted by Gasteiger charge is -2.32. The molecule has 4 nitrogen and oxygen atoms in total. The van der Waals surface area contributed by atoms with Crippen molar-refractivity contribution >= 4 is 12.1 Å². The van der Waals surface area contributed by atoms with Gasteiger partial charge >= 0.3 is 0 Å². The van der Waals surface area contributed by atoms with Crippen molar-refractivity contribution < 1.29 is 0 Å². The van der Waals surface area contributed by atoms with E-state index in [1.807, 2.05) is 18.2 Å². The number of hydrogen-bond donors (Lipinski definition) is 1. The molecule has 3 rings (SSSR count). The van der Waals surface area contributed by atoms with Crippen LogP contribution >= 0.6 is 0 Å². The SMILES string of the molecule is C(=N\NC1=NC2CCCCC2CC1)/c1ccccn1. The summed E-state index contributed by atoms with van der Waals surface area (Å²) in [5.74, 6) is 1.86. The summed E-state index contributed by atoms with van der Waals surface area (Å²) >= 11 is 0. The average molecular weight is 256 g/mol. The number of hydrogen-bond acceptors (Lipinski definition) is 4. The average Bonchev–Trinajstić information content (AvgIpc) is 2.48. The fourth-order valence-electron chi connectivity index (χ4n) is 2.99. The Morgan fingerprint density at radius 2 is 2.16 bits per heavy atom. The molecule has 2 aliphatic rings. The van der Waals surface area contributed by atoms with Crippen molar-refractivity contribution in [2.45, 2.75) is 44.6 Å². The fraction of sp³-hybridized carbons (Fsp3) is 0.533. The predicted octanol–water partition coefficient (Wildman–Crippen LogP) is 2.76. The Kier molecular flexibility index (Phi) is 3.86. The molecule has 1 fully saturated rings. The first-order valence-corrected chi connectivity index (χ1v) is 7.18. The van der Waals surface area contributed by atoms with Gasteiger partial charge in [-0.3, -0.25) is 15.4 Å². The highest BCUT2D eigenvalue weighted by molar-refractivity contribution is 5.85. The zero-order valence-electron chi connectivity index (χ0n) is 11.1. The maximum absolute atomic E-state index is 4.81. The molecule has 2 unspecified atom stereocenters. The molecule has 0 bridgehead atoms. The summed E-state index contributed by atoms with van der Waals surface area (Å²) < 4.78 is 0. The third-order valence-corrected chi connectivity index (χ3v) is 4.02. The minimum absolute atomic E-state index is 0.537. The van der Waals surface area contributed by atoms with Crippen LogP contribution in [0.1, 0.15) is 44.2 Å². The van der Waals surface area contributed by atoms with Crippen molar-refractivity contribution in [3.05, 3.63) is 30.1 Å². The van der Waals surface area contributed by atoms with Crippen LogP contribution in [0.5, 0.6) is 0 Å². The molecule has 4 heteroatoms. The largest absolute Gasteiger partial charge is 0.267 e. The van der Waals surface area contributed by atoms with Gasteiger partial charge in [-0.2, -0.15) is 5.10 Å². The van der Waals surface area contributed by atoms with Crippen molar-refractivity contribution in [1.29, 1.82) is 0 Å². The molecule has 2 heterocycles. The van der Waals surface area contributed by atoms with Crippen LogP contribution in [-0.2, 0) is 0 Å². The van der Waals surface area contributed by atoms with Gasteiger partial charge in [-0.1, -0.05) is 18.9 Å². The van der Waals surface area contributed by atoms with E-state index < -0.39 is 0 Å². The lowest BCUT2D eigenvalue weighted by atomic mass is 9.80. The minimum atomic E-state index is 0.537. The van der Waals surface area contributed by atoms with Gasteiger partial charge in [0, 0.05) is 12.6 Å². The maximum Gasteiger partial charge on any atom is 0.117 e. The quantitative estimate of drug-likeness (QED) is 0.653. The number of hydrazone groups is 1. The van der Waals surface area contributed by atoms with Gasteiger partial charge < -0.3 is 0 Å². The Labute approximate surface area is 114 Å². The van der Waals surface area contributed by atoms with Gasteiger partial charge in [-0.25, -0.2) is 0 Å². The molecule has 1 aliphatic heterocycles. The number of pyridine rings is 1. The van der Waals surface area contributed by atoms with Crippen LogP contribution in [0.3, 0.4) is 0 Å². The zero-order valence-corrected chi connectivity index (χ0v) is 11.1. The number of rotatable bonds is 2. The number of aliphatic imine (C=N–C) groups is 1. The van der Waals surface area contributed by atoms with Crippen LogP contribution in [-0.4, -0.2) is 23.1 Å². The van der Waals surface area contributed by atoms with E-state index in [4.69, 9.17) is 4.99 Å². The van der Waals surface area contributed by atoms with Gasteiger partial charge in [0.1, 0.15) is 5.84 Å². The second kappa shape index (κ2) is 5.95. The molecular weight excluding hydrogens is 236 g/mol. The lowest BCUT2D eigenvalue weighted by Crippen LogP contribution is -2.33. The Bertz CT molecular complexity index is 466. The van der Waals surface area contributed by atoms with Crippen LogP contribution in [0, 0.1) is 5.92 Å². The molecule has 1 aromatic heterocycles. The second-order valence-corrected chi connectivity index (χ2v) is 5.35. The Hall–Kier alpha value is -1.71. The molecule has 1 N–H and O–H groups in total. The van der Waals surface area contributed by atoms with Crippen LogP contribution in [0.4, 0.5) is 0 Å². The molecule has 0 radical (unpaired) electrons. The monoisotopic (exact) mass is 256 g/mol. The number of nitrogens with zero attached hydrogens (tertiary/aromatic N) is 3. The van der Waals surface area contributed by atoms with Crippen molar-refractivity contribution in [2.75, 3.05) is 0 Å². The van der Waals surface area contributed by atoms with E-state index in [0.29, 0.717) is 6.04 Å². The minimum Gasteiger partial charge on any atom is -0.267 e. The van der Waals surface area contributed by atoms with Crippen molar-refractivity contribution in [2.24, 2.45) is 16.0 Å². The molecular formula is C15H20N4. The highest BCUT2D eigenvalue weighted by atomic mass is 15.3. The third-order valence-electron chi connectivity index (χ3n) is 4.02. The molecule has 0 amide bonds. The molecule has 1 aliphatic carbocycles. The first-order chi connectivity index (χ1) is 9.42. The first-order valence-electron chi connectivity index (χ1n) is 7.18. The smallest absolute Gasteiger partial charge is 0.117 e.